The van der Waals surface area contributed by atoms with Gasteiger partial charge in [-0.15, -0.1) is 0 Å². The molecule has 2 aromatic heterocycles. The monoisotopic (exact) mass is 345 g/mol. The standard InChI is InChI=1S/C18H31N7/c1-18(2,3)24-15-13-10-21-25(4)16(13)23-17(22-15)20-11-14(19)12-8-6-5-7-9-12/h10,12,14H,5-9,11,19H2,1-4H3,(H2,20,22,23,24)/t14-/m0/s1. The molecule has 1 aliphatic carbocycles. The SMILES string of the molecule is Cn1ncc2c(NC(C)(C)C)nc(NC[C@H](N)C3CCCCC3)nc21. The second kappa shape index (κ2) is 7.15. The van der Waals surface area contributed by atoms with Crippen molar-refractivity contribution in [1.29, 1.82) is 0 Å². The van der Waals surface area contributed by atoms with Crippen LogP contribution in [0.2, 0.25) is 0 Å². The van der Waals surface area contributed by atoms with Gasteiger partial charge in [0.2, 0.25) is 5.95 Å². The number of nitrogens with two attached hydrogens (primary N) is 1. The van der Waals surface area contributed by atoms with Gasteiger partial charge in [0.15, 0.2) is 5.65 Å². The molecule has 0 unspecified atom stereocenters. The minimum Gasteiger partial charge on any atom is -0.365 e. The Morgan fingerprint density at radius 1 is 1.24 bits per heavy atom. The highest BCUT2D eigenvalue weighted by Gasteiger charge is 2.21. The average Bonchev–Trinajstić information content (AvgIpc) is 2.94. The Morgan fingerprint density at radius 2 is 1.96 bits per heavy atom. The van der Waals surface area contributed by atoms with Crippen LogP contribution in [-0.4, -0.2) is 37.9 Å². The lowest BCUT2D eigenvalue weighted by atomic mass is 9.84. The first-order chi connectivity index (χ1) is 11.8. The zero-order chi connectivity index (χ0) is 18.0. The van der Waals surface area contributed by atoms with Crippen LogP contribution < -0.4 is 16.4 Å². The van der Waals surface area contributed by atoms with Crippen molar-refractivity contribution in [2.24, 2.45) is 18.7 Å². The van der Waals surface area contributed by atoms with Crippen LogP contribution in [0, 0.1) is 5.92 Å². The zero-order valence-corrected chi connectivity index (χ0v) is 15.8. The Hall–Kier alpha value is -1.89. The molecule has 1 saturated carbocycles. The van der Waals surface area contributed by atoms with Crippen LogP contribution in [0.3, 0.4) is 0 Å². The molecule has 0 radical (unpaired) electrons. The lowest BCUT2D eigenvalue weighted by molar-refractivity contribution is 0.311. The van der Waals surface area contributed by atoms with Gasteiger partial charge in [-0.1, -0.05) is 19.3 Å². The number of anilines is 2. The van der Waals surface area contributed by atoms with Crippen LogP contribution >= 0.6 is 0 Å². The van der Waals surface area contributed by atoms with Gasteiger partial charge in [-0.3, -0.25) is 4.68 Å². The number of hydrogen-bond acceptors (Lipinski definition) is 6. The van der Waals surface area contributed by atoms with Gasteiger partial charge >= 0.3 is 0 Å². The summed E-state index contributed by atoms with van der Waals surface area (Å²) in [5, 5.41) is 12.0. The van der Waals surface area contributed by atoms with E-state index in [2.05, 4.69) is 46.5 Å². The third kappa shape index (κ3) is 4.39. The van der Waals surface area contributed by atoms with Crippen LogP contribution in [0.5, 0.6) is 0 Å². The predicted molar refractivity (Wildman–Crippen MR) is 103 cm³/mol. The number of aryl methyl sites for hydroxylation is 1. The molecule has 1 atom stereocenters. The molecule has 0 bridgehead atoms. The van der Waals surface area contributed by atoms with Gasteiger partial charge in [-0.25, -0.2) is 0 Å². The van der Waals surface area contributed by atoms with E-state index in [0.717, 1.165) is 16.9 Å². The zero-order valence-electron chi connectivity index (χ0n) is 15.8. The third-order valence-electron chi connectivity index (χ3n) is 4.84. The van der Waals surface area contributed by atoms with Crippen LogP contribution in [-0.2, 0) is 7.05 Å². The van der Waals surface area contributed by atoms with E-state index < -0.39 is 0 Å². The first-order valence-corrected chi connectivity index (χ1v) is 9.31. The van der Waals surface area contributed by atoms with Crippen molar-refractivity contribution in [3.63, 3.8) is 0 Å². The topological polar surface area (TPSA) is 93.7 Å². The maximum absolute atomic E-state index is 6.41. The van der Waals surface area contributed by atoms with E-state index in [1.54, 1.807) is 10.9 Å². The van der Waals surface area contributed by atoms with Gasteiger partial charge in [-0.05, 0) is 39.5 Å². The Balaban J connectivity index is 1.77. The molecular formula is C18H31N7. The van der Waals surface area contributed by atoms with Gasteiger partial charge < -0.3 is 16.4 Å². The fraction of sp³-hybridized carbons (Fsp3) is 0.722. The Morgan fingerprint density at radius 3 is 2.64 bits per heavy atom. The summed E-state index contributed by atoms with van der Waals surface area (Å²) in [4.78, 5) is 9.30. The molecule has 25 heavy (non-hydrogen) atoms. The van der Waals surface area contributed by atoms with Crippen LogP contribution in [0.1, 0.15) is 52.9 Å². The molecule has 0 spiro atoms. The van der Waals surface area contributed by atoms with Crippen LogP contribution in [0.4, 0.5) is 11.8 Å². The summed E-state index contributed by atoms with van der Waals surface area (Å²) in [5.41, 5.74) is 7.13. The molecule has 138 valence electrons. The normalized spacial score (nSPS) is 17.6. The number of aromatic nitrogens is 4. The molecular weight excluding hydrogens is 314 g/mol. The molecule has 0 amide bonds. The Kier molecular flexibility index (Phi) is 5.13. The minimum atomic E-state index is -0.0904. The number of rotatable bonds is 5. The van der Waals surface area contributed by atoms with Crippen molar-refractivity contribution in [2.75, 3.05) is 17.2 Å². The molecule has 1 fully saturated rings. The summed E-state index contributed by atoms with van der Waals surface area (Å²) in [7, 11) is 1.90. The number of nitrogens with zero attached hydrogens (tertiary/aromatic N) is 4. The fourth-order valence-corrected chi connectivity index (χ4v) is 3.49. The van der Waals surface area contributed by atoms with Gasteiger partial charge in [0, 0.05) is 25.2 Å². The fourth-order valence-electron chi connectivity index (χ4n) is 3.49. The highest BCUT2D eigenvalue weighted by atomic mass is 15.3. The molecule has 1 aliphatic rings. The second-order valence-electron chi connectivity index (χ2n) is 8.22. The molecule has 4 N–H and O–H groups in total. The van der Waals surface area contributed by atoms with Crippen LogP contribution in [0.25, 0.3) is 11.0 Å². The Bertz CT molecular complexity index is 710. The first-order valence-electron chi connectivity index (χ1n) is 9.31. The summed E-state index contributed by atoms with van der Waals surface area (Å²) in [5.74, 6) is 2.02. The van der Waals surface area contributed by atoms with E-state index in [1.165, 1.54) is 32.1 Å². The van der Waals surface area contributed by atoms with E-state index in [1.807, 2.05) is 7.05 Å². The van der Waals surface area contributed by atoms with E-state index in [4.69, 9.17) is 5.73 Å². The average molecular weight is 345 g/mol. The first kappa shape index (κ1) is 17.9. The predicted octanol–water partition coefficient (Wildman–Crippen LogP) is 2.89. The van der Waals surface area contributed by atoms with E-state index in [0.29, 0.717) is 18.4 Å². The van der Waals surface area contributed by atoms with Crippen molar-refractivity contribution < 1.29 is 0 Å². The summed E-state index contributed by atoms with van der Waals surface area (Å²) >= 11 is 0. The van der Waals surface area contributed by atoms with Crippen molar-refractivity contribution >= 4 is 22.8 Å². The Labute approximate surface area is 149 Å². The molecule has 0 aliphatic heterocycles. The molecule has 0 saturated heterocycles. The van der Waals surface area contributed by atoms with E-state index in [-0.39, 0.29) is 11.6 Å². The molecule has 2 heterocycles. The van der Waals surface area contributed by atoms with Gasteiger partial charge in [0.05, 0.1) is 11.6 Å². The number of nitrogens with one attached hydrogen (secondary N) is 2. The molecule has 0 aromatic carbocycles. The quantitative estimate of drug-likeness (QED) is 0.771. The largest absolute Gasteiger partial charge is 0.365 e. The molecule has 3 rings (SSSR count). The van der Waals surface area contributed by atoms with Gasteiger partial charge in [-0.2, -0.15) is 15.1 Å². The number of hydrogen-bond donors (Lipinski definition) is 3. The summed E-state index contributed by atoms with van der Waals surface area (Å²) in [6, 6.07) is 0.144. The van der Waals surface area contributed by atoms with Gasteiger partial charge in [0.25, 0.3) is 0 Å². The smallest absolute Gasteiger partial charge is 0.226 e. The summed E-state index contributed by atoms with van der Waals surface area (Å²) < 4.78 is 1.77. The second-order valence-corrected chi connectivity index (χ2v) is 8.22. The van der Waals surface area contributed by atoms with E-state index in [9.17, 15) is 0 Å². The summed E-state index contributed by atoms with van der Waals surface area (Å²) in [6.45, 7) is 7.04. The lowest BCUT2D eigenvalue weighted by Gasteiger charge is -2.27. The lowest BCUT2D eigenvalue weighted by Crippen LogP contribution is -2.38. The van der Waals surface area contributed by atoms with Crippen molar-refractivity contribution in [2.45, 2.75) is 64.5 Å². The maximum Gasteiger partial charge on any atom is 0.226 e. The van der Waals surface area contributed by atoms with Crippen molar-refractivity contribution in [3.8, 4) is 0 Å². The summed E-state index contributed by atoms with van der Waals surface area (Å²) in [6.07, 6.45) is 8.23. The molecule has 7 nitrogen and oxygen atoms in total. The highest BCUT2D eigenvalue weighted by Crippen LogP contribution is 2.27. The number of fused-ring (bicyclic) bond motifs is 1. The van der Waals surface area contributed by atoms with E-state index >= 15 is 0 Å². The molecule has 7 heteroatoms. The maximum atomic E-state index is 6.41. The van der Waals surface area contributed by atoms with Gasteiger partial charge in [0.1, 0.15) is 5.82 Å². The van der Waals surface area contributed by atoms with Crippen LogP contribution in [0.15, 0.2) is 6.20 Å². The van der Waals surface area contributed by atoms with Crippen molar-refractivity contribution in [1.82, 2.24) is 19.7 Å². The highest BCUT2D eigenvalue weighted by molar-refractivity contribution is 5.87. The van der Waals surface area contributed by atoms with Crippen molar-refractivity contribution in [3.05, 3.63) is 6.20 Å². The minimum absolute atomic E-state index is 0.0904. The molecule has 2 aromatic rings. The third-order valence-corrected chi connectivity index (χ3v) is 4.84.